The highest BCUT2D eigenvalue weighted by Crippen LogP contribution is 2.30. The molecular weight excluding hydrogens is 486 g/mol. The molecular formula is C29H39N3O6. The fraction of sp³-hybridized carbons (Fsp3) is 0.379. The summed E-state index contributed by atoms with van der Waals surface area (Å²) in [7, 11) is 3.06. The van der Waals surface area contributed by atoms with Gasteiger partial charge in [0.05, 0.1) is 19.9 Å². The van der Waals surface area contributed by atoms with Gasteiger partial charge in [0.15, 0.2) is 11.5 Å². The van der Waals surface area contributed by atoms with E-state index in [1.165, 1.54) is 19.1 Å². The van der Waals surface area contributed by atoms with Gasteiger partial charge in [-0.25, -0.2) is 9.59 Å². The molecule has 0 bridgehead atoms. The predicted molar refractivity (Wildman–Crippen MR) is 150 cm³/mol. The molecule has 0 fully saturated rings. The number of hydrogen-bond acceptors (Lipinski definition) is 6. The van der Waals surface area contributed by atoms with E-state index in [1.807, 2.05) is 24.3 Å². The Morgan fingerprint density at radius 3 is 2.11 bits per heavy atom. The second kappa shape index (κ2) is 16.7. The van der Waals surface area contributed by atoms with Crippen LogP contribution in [-0.2, 0) is 12.8 Å². The molecule has 0 saturated heterocycles. The number of anilines is 1. The van der Waals surface area contributed by atoms with Crippen molar-refractivity contribution in [2.24, 2.45) is 0 Å². The van der Waals surface area contributed by atoms with Gasteiger partial charge in [-0.1, -0.05) is 24.3 Å². The van der Waals surface area contributed by atoms with Crippen LogP contribution >= 0.6 is 0 Å². The maximum atomic E-state index is 12.1. The summed E-state index contributed by atoms with van der Waals surface area (Å²) in [6, 6.07) is 10.9. The minimum Gasteiger partial charge on any atom is -0.495 e. The van der Waals surface area contributed by atoms with Gasteiger partial charge in [0.2, 0.25) is 0 Å². The molecule has 0 radical (unpaired) electrons. The highest BCUT2D eigenvalue weighted by molar-refractivity contribution is 5.88. The fourth-order valence-electron chi connectivity index (χ4n) is 3.84. The third-order valence-corrected chi connectivity index (χ3v) is 5.74. The number of carbonyl (C=O) groups is 2. The van der Waals surface area contributed by atoms with Crippen molar-refractivity contribution in [1.82, 2.24) is 10.6 Å². The number of carboxylic acid groups (broad SMARTS) is 1. The first-order valence-electron chi connectivity index (χ1n) is 12.7. The van der Waals surface area contributed by atoms with Crippen molar-refractivity contribution in [3.63, 3.8) is 0 Å². The standard InChI is InChI=1S/C29H39N3O6/c1-5-10-22-12-14-24(26(20-22)36-3)32(29(34)35)19-9-17-30-16-7-8-18-31-28(33)38-25-15-13-23(11-6-2)21-27(25)37-4/h5-6,12-15,20-21,30H,1-2,7-11,16-19H2,3-4H3,(H,31,33)(H,34,35). The molecule has 0 heterocycles. The minimum atomic E-state index is -1.02. The first-order chi connectivity index (χ1) is 18.4. The van der Waals surface area contributed by atoms with Crippen molar-refractivity contribution in [1.29, 1.82) is 0 Å². The Bertz CT molecular complexity index is 1070. The van der Waals surface area contributed by atoms with E-state index in [-0.39, 0.29) is 0 Å². The zero-order valence-corrected chi connectivity index (χ0v) is 22.3. The van der Waals surface area contributed by atoms with Gasteiger partial charge >= 0.3 is 12.2 Å². The highest BCUT2D eigenvalue weighted by atomic mass is 16.6. The Morgan fingerprint density at radius 1 is 0.868 bits per heavy atom. The summed E-state index contributed by atoms with van der Waals surface area (Å²) in [5.41, 5.74) is 2.55. The Labute approximate surface area is 225 Å². The number of ether oxygens (including phenoxy) is 3. The number of nitrogens with one attached hydrogen (secondary N) is 2. The van der Waals surface area contributed by atoms with E-state index in [2.05, 4.69) is 23.8 Å². The van der Waals surface area contributed by atoms with Gasteiger partial charge in [-0.2, -0.15) is 0 Å². The van der Waals surface area contributed by atoms with Crippen molar-refractivity contribution < 1.29 is 28.9 Å². The van der Waals surface area contributed by atoms with Crippen molar-refractivity contribution in [3.8, 4) is 17.2 Å². The normalized spacial score (nSPS) is 10.4. The van der Waals surface area contributed by atoms with Gasteiger partial charge in [-0.15, -0.1) is 13.2 Å². The summed E-state index contributed by atoms with van der Waals surface area (Å²) in [6.45, 7) is 9.68. The van der Waals surface area contributed by atoms with Crippen molar-refractivity contribution in [2.75, 3.05) is 45.3 Å². The molecule has 9 nitrogen and oxygen atoms in total. The van der Waals surface area contributed by atoms with Gasteiger partial charge < -0.3 is 30.0 Å². The summed E-state index contributed by atoms with van der Waals surface area (Å²) >= 11 is 0. The van der Waals surface area contributed by atoms with Crippen LogP contribution in [0.3, 0.4) is 0 Å². The van der Waals surface area contributed by atoms with Crippen LogP contribution in [0.1, 0.15) is 30.4 Å². The van der Waals surface area contributed by atoms with Crippen LogP contribution in [0.2, 0.25) is 0 Å². The van der Waals surface area contributed by atoms with Crippen LogP contribution in [0, 0.1) is 0 Å². The van der Waals surface area contributed by atoms with Crippen molar-refractivity contribution >= 4 is 17.9 Å². The minimum absolute atomic E-state index is 0.338. The number of carbonyl (C=O) groups excluding carboxylic acids is 1. The molecule has 0 aliphatic heterocycles. The maximum Gasteiger partial charge on any atom is 0.412 e. The first-order valence-corrected chi connectivity index (χ1v) is 12.7. The van der Waals surface area contributed by atoms with Gasteiger partial charge in [0, 0.05) is 13.1 Å². The van der Waals surface area contributed by atoms with Crippen molar-refractivity contribution in [2.45, 2.75) is 32.1 Å². The second-order valence-electron chi connectivity index (χ2n) is 8.54. The average Bonchev–Trinajstić information content (AvgIpc) is 2.91. The molecule has 0 aliphatic carbocycles. The van der Waals surface area contributed by atoms with Crippen molar-refractivity contribution in [3.05, 3.63) is 72.8 Å². The Morgan fingerprint density at radius 2 is 1.47 bits per heavy atom. The number of rotatable bonds is 17. The highest BCUT2D eigenvalue weighted by Gasteiger charge is 2.18. The molecule has 0 unspecified atom stereocenters. The summed E-state index contributed by atoms with van der Waals surface area (Å²) in [4.78, 5) is 25.3. The van der Waals surface area contributed by atoms with Crippen LogP contribution in [0.4, 0.5) is 15.3 Å². The molecule has 2 aromatic carbocycles. The lowest BCUT2D eigenvalue weighted by molar-refractivity contribution is 0.198. The molecule has 2 amide bonds. The third kappa shape index (κ3) is 9.82. The lowest BCUT2D eigenvalue weighted by Gasteiger charge is -2.22. The van der Waals surface area contributed by atoms with E-state index in [0.29, 0.717) is 61.8 Å². The van der Waals surface area contributed by atoms with E-state index in [4.69, 9.17) is 14.2 Å². The van der Waals surface area contributed by atoms with Gasteiger partial charge in [0.25, 0.3) is 0 Å². The number of nitrogens with zero attached hydrogens (tertiary/aromatic N) is 1. The monoisotopic (exact) mass is 525 g/mol. The molecule has 0 aromatic heterocycles. The molecule has 2 aromatic rings. The van der Waals surface area contributed by atoms with Crippen LogP contribution < -0.4 is 29.7 Å². The Balaban J connectivity index is 1.66. The molecule has 0 aliphatic rings. The van der Waals surface area contributed by atoms with Gasteiger partial charge in [-0.3, -0.25) is 4.90 Å². The summed E-state index contributed by atoms with van der Waals surface area (Å²) in [5, 5.41) is 15.8. The number of allylic oxidation sites excluding steroid dienone is 2. The zero-order valence-electron chi connectivity index (χ0n) is 22.3. The molecule has 0 atom stereocenters. The van der Waals surface area contributed by atoms with Crippen LogP contribution in [0.25, 0.3) is 0 Å². The van der Waals surface area contributed by atoms with Crippen LogP contribution in [0.15, 0.2) is 61.7 Å². The third-order valence-electron chi connectivity index (χ3n) is 5.74. The van der Waals surface area contributed by atoms with Gasteiger partial charge in [-0.05, 0) is 80.6 Å². The number of unbranched alkanes of at least 4 members (excludes halogenated alkanes) is 1. The van der Waals surface area contributed by atoms with Crippen LogP contribution in [-0.4, -0.2) is 57.7 Å². The molecule has 206 valence electrons. The van der Waals surface area contributed by atoms with E-state index in [9.17, 15) is 14.7 Å². The smallest absolute Gasteiger partial charge is 0.412 e. The number of hydrogen-bond donors (Lipinski definition) is 3. The molecule has 0 spiro atoms. The maximum absolute atomic E-state index is 12.1. The molecule has 0 saturated carbocycles. The number of methoxy groups -OCH3 is 2. The topological polar surface area (TPSA) is 109 Å². The molecule has 38 heavy (non-hydrogen) atoms. The summed E-state index contributed by atoms with van der Waals surface area (Å²) in [6.07, 6.45) is 5.67. The average molecular weight is 526 g/mol. The van der Waals surface area contributed by atoms with Crippen LogP contribution in [0.5, 0.6) is 17.2 Å². The number of benzene rings is 2. The molecule has 2 rings (SSSR count). The Hall–Kier alpha value is -3.98. The van der Waals surface area contributed by atoms with Gasteiger partial charge in [0.1, 0.15) is 5.75 Å². The molecule has 9 heteroatoms. The SMILES string of the molecule is C=CCc1ccc(OC(=O)NCCCCNCCCN(C(=O)O)c2ccc(CC=C)cc2OC)c(OC)c1. The zero-order chi connectivity index (χ0) is 27.8. The van der Waals surface area contributed by atoms with E-state index < -0.39 is 12.2 Å². The van der Waals surface area contributed by atoms with E-state index >= 15 is 0 Å². The largest absolute Gasteiger partial charge is 0.495 e. The second-order valence-corrected chi connectivity index (χ2v) is 8.54. The Kier molecular flexibility index (Phi) is 13.3. The van der Waals surface area contributed by atoms with E-state index in [0.717, 1.165) is 30.5 Å². The predicted octanol–water partition coefficient (Wildman–Crippen LogP) is 5.19. The molecule has 3 N–H and O–H groups in total. The lowest BCUT2D eigenvalue weighted by atomic mass is 10.1. The quantitative estimate of drug-likeness (QED) is 0.193. The van der Waals surface area contributed by atoms with E-state index in [1.54, 1.807) is 24.3 Å². The number of amides is 2. The fourth-order valence-corrected chi connectivity index (χ4v) is 3.84. The lowest BCUT2D eigenvalue weighted by Crippen LogP contribution is -2.32. The summed E-state index contributed by atoms with van der Waals surface area (Å²) < 4.78 is 16.1. The first kappa shape index (κ1) is 30.2. The summed E-state index contributed by atoms with van der Waals surface area (Å²) in [5.74, 6) is 1.38.